The average Bonchev–Trinajstić information content (AvgIpc) is 2.32. The Morgan fingerprint density at radius 2 is 1.95 bits per heavy atom. The Morgan fingerprint density at radius 3 is 2.47 bits per heavy atom. The largest absolute Gasteiger partial charge is 0.480 e. The first-order valence-electron chi connectivity index (χ1n) is 4.91. The second-order valence-corrected chi connectivity index (χ2v) is 4.27. The van der Waals surface area contributed by atoms with E-state index in [1.165, 1.54) is 0 Å². The molecule has 1 aromatic rings. The maximum Gasteiger partial charge on any atom is 0.328 e. The van der Waals surface area contributed by atoms with Crippen LogP contribution in [0.15, 0.2) is 16.6 Å². The summed E-state index contributed by atoms with van der Waals surface area (Å²) in [5.74, 6) is -3.16. The van der Waals surface area contributed by atoms with Crippen molar-refractivity contribution in [3.8, 4) is 0 Å². The minimum absolute atomic E-state index is 0.116. The first kappa shape index (κ1) is 15.3. The maximum atomic E-state index is 13.4. The molecule has 0 aliphatic heterocycles. The molecule has 0 aliphatic carbocycles. The van der Waals surface area contributed by atoms with Crippen molar-refractivity contribution in [2.75, 3.05) is 11.9 Å². The zero-order valence-electron chi connectivity index (χ0n) is 9.28. The number of urea groups is 1. The summed E-state index contributed by atoms with van der Waals surface area (Å²) in [6, 6.07) is -1.08. The molecule has 1 unspecified atom stereocenters. The smallest absolute Gasteiger partial charge is 0.328 e. The summed E-state index contributed by atoms with van der Waals surface area (Å²) < 4.78 is 26.4. The Kier molecular flexibility index (Phi) is 5.19. The number of benzene rings is 1. The predicted molar refractivity (Wildman–Crippen MR) is 64.7 cm³/mol. The molecule has 0 spiro atoms. The average molecular weight is 339 g/mol. The molecule has 6 nitrogen and oxygen atoms in total. The van der Waals surface area contributed by atoms with Crippen molar-refractivity contribution in [3.05, 3.63) is 28.2 Å². The molecule has 0 aliphatic rings. The van der Waals surface area contributed by atoms with Gasteiger partial charge in [0.05, 0.1) is 16.8 Å². The van der Waals surface area contributed by atoms with E-state index in [0.717, 1.165) is 12.1 Å². The normalized spacial score (nSPS) is 11.8. The van der Waals surface area contributed by atoms with E-state index in [-0.39, 0.29) is 4.47 Å². The number of rotatable bonds is 4. The third-order valence-electron chi connectivity index (χ3n) is 2.04. The molecule has 0 bridgehead atoms. The number of carboxylic acid groups (broad SMARTS) is 1. The standard InChI is InChI=1S/C10H9BrF2N2O4/c11-4-1-6(13)7(2-5(4)12)14-10(19)15-8(3-16)9(17)18/h1-2,8,16H,3H2,(H,17,18)(H2,14,15,19). The number of aliphatic carboxylic acids is 1. The van der Waals surface area contributed by atoms with Gasteiger partial charge in [-0.15, -0.1) is 0 Å². The molecule has 0 fully saturated rings. The van der Waals surface area contributed by atoms with Crippen LogP contribution in [0.5, 0.6) is 0 Å². The second-order valence-electron chi connectivity index (χ2n) is 3.42. The van der Waals surface area contributed by atoms with Gasteiger partial charge in [0.15, 0.2) is 6.04 Å². The Hall–Kier alpha value is -1.74. The van der Waals surface area contributed by atoms with Gasteiger partial charge in [-0.3, -0.25) is 0 Å². The van der Waals surface area contributed by atoms with Gasteiger partial charge < -0.3 is 20.8 Å². The first-order chi connectivity index (χ1) is 8.85. The van der Waals surface area contributed by atoms with Crippen LogP contribution in [0.25, 0.3) is 0 Å². The van der Waals surface area contributed by atoms with Crippen molar-refractivity contribution >= 4 is 33.6 Å². The van der Waals surface area contributed by atoms with E-state index in [0.29, 0.717) is 0 Å². The molecule has 0 heterocycles. The highest BCUT2D eigenvalue weighted by Crippen LogP contribution is 2.23. The molecular formula is C10H9BrF2N2O4. The molecule has 0 saturated carbocycles. The van der Waals surface area contributed by atoms with Crippen LogP contribution in [0.4, 0.5) is 19.3 Å². The van der Waals surface area contributed by atoms with E-state index in [1.54, 1.807) is 0 Å². The van der Waals surface area contributed by atoms with Crippen molar-refractivity contribution in [1.82, 2.24) is 5.32 Å². The summed E-state index contributed by atoms with van der Waals surface area (Å²) in [7, 11) is 0. The summed E-state index contributed by atoms with van der Waals surface area (Å²) in [5, 5.41) is 21.1. The quantitative estimate of drug-likeness (QED) is 0.622. The molecule has 4 N–H and O–H groups in total. The van der Waals surface area contributed by atoms with Gasteiger partial charge in [0.25, 0.3) is 0 Å². The topological polar surface area (TPSA) is 98.7 Å². The van der Waals surface area contributed by atoms with Crippen LogP contribution in [0.2, 0.25) is 0 Å². The molecule has 19 heavy (non-hydrogen) atoms. The number of hydrogen-bond acceptors (Lipinski definition) is 3. The number of hydrogen-bond donors (Lipinski definition) is 4. The van der Waals surface area contributed by atoms with E-state index in [2.05, 4.69) is 15.9 Å². The molecule has 0 radical (unpaired) electrons. The molecule has 0 aromatic heterocycles. The molecule has 1 rings (SSSR count). The van der Waals surface area contributed by atoms with Crippen molar-refractivity contribution in [1.29, 1.82) is 0 Å². The van der Waals surface area contributed by atoms with Crippen LogP contribution in [-0.2, 0) is 4.79 Å². The Balaban J connectivity index is 2.77. The lowest BCUT2D eigenvalue weighted by atomic mass is 10.3. The summed E-state index contributed by atoms with van der Waals surface area (Å²) in [6.45, 7) is -0.833. The van der Waals surface area contributed by atoms with Crippen molar-refractivity contribution in [2.45, 2.75) is 6.04 Å². The Labute approximate surface area is 114 Å². The highest BCUT2D eigenvalue weighted by Gasteiger charge is 2.19. The van der Waals surface area contributed by atoms with Gasteiger partial charge in [0.1, 0.15) is 11.6 Å². The molecule has 9 heteroatoms. The SMILES string of the molecule is O=C(Nc1cc(F)c(Br)cc1F)NC(CO)C(=O)O. The van der Waals surface area contributed by atoms with Crippen LogP contribution in [0, 0.1) is 11.6 Å². The molecule has 2 amide bonds. The number of carbonyl (C=O) groups excluding carboxylic acids is 1. The van der Waals surface area contributed by atoms with Gasteiger partial charge in [0, 0.05) is 6.07 Å². The summed E-state index contributed by atoms with van der Waals surface area (Å²) in [4.78, 5) is 21.9. The number of halogens is 3. The van der Waals surface area contributed by atoms with Gasteiger partial charge in [-0.05, 0) is 22.0 Å². The second kappa shape index (κ2) is 6.43. The number of amides is 2. The Bertz CT molecular complexity index is 513. The minimum Gasteiger partial charge on any atom is -0.480 e. The third kappa shape index (κ3) is 4.14. The predicted octanol–water partition coefficient (Wildman–Crippen LogP) is 1.29. The highest BCUT2D eigenvalue weighted by molar-refractivity contribution is 9.10. The van der Waals surface area contributed by atoms with Gasteiger partial charge in [0.2, 0.25) is 0 Å². The van der Waals surface area contributed by atoms with Crippen molar-refractivity contribution in [2.24, 2.45) is 0 Å². The highest BCUT2D eigenvalue weighted by atomic mass is 79.9. The van der Waals surface area contributed by atoms with Gasteiger partial charge >= 0.3 is 12.0 Å². The van der Waals surface area contributed by atoms with E-state index in [1.807, 2.05) is 10.6 Å². The number of aliphatic hydroxyl groups is 1. The molecule has 1 atom stereocenters. The van der Waals surface area contributed by atoms with Crippen LogP contribution in [-0.4, -0.2) is 34.9 Å². The van der Waals surface area contributed by atoms with E-state index >= 15 is 0 Å². The van der Waals surface area contributed by atoms with Gasteiger partial charge in [-0.2, -0.15) is 0 Å². The molecule has 104 valence electrons. The van der Waals surface area contributed by atoms with Crippen LogP contribution in [0.3, 0.4) is 0 Å². The monoisotopic (exact) mass is 338 g/mol. The van der Waals surface area contributed by atoms with Crippen molar-refractivity contribution in [3.63, 3.8) is 0 Å². The third-order valence-corrected chi connectivity index (χ3v) is 2.65. The molecular weight excluding hydrogens is 330 g/mol. The molecule has 1 aromatic carbocycles. The summed E-state index contributed by atoms with van der Waals surface area (Å²) in [6.07, 6.45) is 0. The van der Waals surface area contributed by atoms with Crippen LogP contribution in [0.1, 0.15) is 0 Å². The van der Waals surface area contributed by atoms with E-state index < -0.39 is 42.0 Å². The summed E-state index contributed by atoms with van der Waals surface area (Å²) >= 11 is 2.76. The summed E-state index contributed by atoms with van der Waals surface area (Å²) in [5.41, 5.74) is -0.458. The number of aliphatic hydroxyl groups excluding tert-OH is 1. The minimum atomic E-state index is -1.54. The van der Waals surface area contributed by atoms with Crippen molar-refractivity contribution < 1.29 is 28.6 Å². The Morgan fingerprint density at radius 1 is 1.32 bits per heavy atom. The number of nitrogens with one attached hydrogen (secondary N) is 2. The first-order valence-corrected chi connectivity index (χ1v) is 5.70. The van der Waals surface area contributed by atoms with Crippen LogP contribution < -0.4 is 10.6 Å². The van der Waals surface area contributed by atoms with Gasteiger partial charge in [-0.25, -0.2) is 18.4 Å². The van der Waals surface area contributed by atoms with E-state index in [4.69, 9.17) is 10.2 Å². The lowest BCUT2D eigenvalue weighted by molar-refractivity contribution is -0.140. The lowest BCUT2D eigenvalue weighted by Gasteiger charge is -2.13. The zero-order chi connectivity index (χ0) is 14.6. The number of anilines is 1. The van der Waals surface area contributed by atoms with Crippen LogP contribution >= 0.6 is 15.9 Å². The lowest BCUT2D eigenvalue weighted by Crippen LogP contribution is -2.45. The zero-order valence-corrected chi connectivity index (χ0v) is 10.9. The number of carboxylic acids is 1. The fourth-order valence-electron chi connectivity index (χ4n) is 1.12. The maximum absolute atomic E-state index is 13.4. The fourth-order valence-corrected chi connectivity index (χ4v) is 1.44. The molecule has 0 saturated heterocycles. The number of carbonyl (C=O) groups is 2. The van der Waals surface area contributed by atoms with Gasteiger partial charge in [-0.1, -0.05) is 0 Å². The fraction of sp³-hybridized carbons (Fsp3) is 0.200. The van der Waals surface area contributed by atoms with E-state index in [9.17, 15) is 18.4 Å².